The van der Waals surface area contributed by atoms with Crippen LogP contribution in [0.2, 0.25) is 0 Å². The van der Waals surface area contributed by atoms with Gasteiger partial charge in [-0.1, -0.05) is 30.3 Å². The maximum atomic E-state index is 5.81. The van der Waals surface area contributed by atoms with Gasteiger partial charge in [-0.15, -0.1) is 12.4 Å². The lowest BCUT2D eigenvalue weighted by atomic mass is 10.2. The lowest BCUT2D eigenvalue weighted by Crippen LogP contribution is -1.94. The fourth-order valence-electron chi connectivity index (χ4n) is 1.29. The summed E-state index contributed by atoms with van der Waals surface area (Å²) in [7, 11) is 0. The normalized spacial score (nSPS) is 9.07. The Bertz CT molecular complexity index is 415. The fourth-order valence-corrected chi connectivity index (χ4v) is 1.29. The van der Waals surface area contributed by atoms with E-state index in [1.165, 1.54) is 0 Å². The molecule has 0 spiro atoms. The largest absolute Gasteiger partial charge is 0.397 e. The minimum atomic E-state index is 0. The first kappa shape index (κ1) is 11.4. The van der Waals surface area contributed by atoms with Gasteiger partial charge in [0.05, 0.1) is 11.4 Å². The van der Waals surface area contributed by atoms with Gasteiger partial charge in [0.15, 0.2) is 0 Å². The summed E-state index contributed by atoms with van der Waals surface area (Å²) < 4.78 is 0. The first-order chi connectivity index (χ1) is 6.86. The fraction of sp³-hybridized carbons (Fsp3) is 0. The molecule has 0 saturated heterocycles. The topological polar surface area (TPSA) is 38.0 Å². The van der Waals surface area contributed by atoms with Gasteiger partial charge < -0.3 is 11.1 Å². The molecule has 2 rings (SSSR count). The highest BCUT2D eigenvalue weighted by Gasteiger charge is 1.96. The molecule has 0 atom stereocenters. The lowest BCUT2D eigenvalue weighted by molar-refractivity contribution is 1.55. The number of para-hydroxylation sites is 3. The number of hydrogen-bond donors (Lipinski definition) is 2. The summed E-state index contributed by atoms with van der Waals surface area (Å²) in [6.07, 6.45) is 0. The molecule has 0 aromatic heterocycles. The Labute approximate surface area is 95.5 Å². The number of anilines is 3. The lowest BCUT2D eigenvalue weighted by Gasteiger charge is -2.08. The number of nitrogen functional groups attached to an aromatic ring is 1. The van der Waals surface area contributed by atoms with Gasteiger partial charge in [0.1, 0.15) is 0 Å². The van der Waals surface area contributed by atoms with Crippen molar-refractivity contribution in [2.45, 2.75) is 0 Å². The van der Waals surface area contributed by atoms with Crippen LogP contribution in [0.15, 0.2) is 54.6 Å². The summed E-state index contributed by atoms with van der Waals surface area (Å²) in [5.74, 6) is 0. The highest BCUT2D eigenvalue weighted by atomic mass is 35.5. The number of rotatable bonds is 2. The quantitative estimate of drug-likeness (QED) is 0.761. The van der Waals surface area contributed by atoms with Gasteiger partial charge in [-0.05, 0) is 24.3 Å². The van der Waals surface area contributed by atoms with Gasteiger partial charge in [-0.2, -0.15) is 0 Å². The van der Waals surface area contributed by atoms with E-state index >= 15 is 0 Å². The number of hydrogen-bond acceptors (Lipinski definition) is 2. The SMILES string of the molecule is Cl.Nc1ccccc1Nc1ccccc1. The van der Waals surface area contributed by atoms with Gasteiger partial charge in [-0.3, -0.25) is 0 Å². The van der Waals surface area contributed by atoms with E-state index in [0.717, 1.165) is 17.1 Å². The van der Waals surface area contributed by atoms with Crippen LogP contribution >= 0.6 is 12.4 Å². The predicted molar refractivity (Wildman–Crippen MR) is 67.8 cm³/mol. The average molecular weight is 221 g/mol. The molecule has 0 unspecified atom stereocenters. The van der Waals surface area contributed by atoms with Crippen molar-refractivity contribution >= 4 is 29.5 Å². The van der Waals surface area contributed by atoms with Crippen molar-refractivity contribution < 1.29 is 0 Å². The van der Waals surface area contributed by atoms with Gasteiger partial charge in [0, 0.05) is 5.69 Å². The third-order valence-electron chi connectivity index (χ3n) is 2.01. The van der Waals surface area contributed by atoms with Crippen LogP contribution in [0.3, 0.4) is 0 Å². The predicted octanol–water partition coefficient (Wildman–Crippen LogP) is 3.43. The second-order valence-electron chi connectivity index (χ2n) is 3.08. The van der Waals surface area contributed by atoms with Crippen LogP contribution in [0.5, 0.6) is 0 Å². The highest BCUT2D eigenvalue weighted by Crippen LogP contribution is 2.21. The molecule has 2 aromatic carbocycles. The van der Waals surface area contributed by atoms with Crippen LogP contribution in [0.25, 0.3) is 0 Å². The number of benzene rings is 2. The molecule has 15 heavy (non-hydrogen) atoms. The molecule has 0 amide bonds. The third-order valence-corrected chi connectivity index (χ3v) is 2.01. The monoisotopic (exact) mass is 220 g/mol. The summed E-state index contributed by atoms with van der Waals surface area (Å²) in [5, 5.41) is 3.25. The van der Waals surface area contributed by atoms with Crippen molar-refractivity contribution in [3.63, 3.8) is 0 Å². The summed E-state index contributed by atoms with van der Waals surface area (Å²) in [4.78, 5) is 0. The number of halogens is 1. The van der Waals surface area contributed by atoms with E-state index in [4.69, 9.17) is 5.73 Å². The molecule has 0 saturated carbocycles. The molecule has 78 valence electrons. The first-order valence-corrected chi connectivity index (χ1v) is 4.53. The van der Waals surface area contributed by atoms with Crippen LogP contribution in [0.4, 0.5) is 17.1 Å². The van der Waals surface area contributed by atoms with Crippen LogP contribution in [-0.4, -0.2) is 0 Å². The maximum absolute atomic E-state index is 5.81. The van der Waals surface area contributed by atoms with Crippen molar-refractivity contribution in [3.8, 4) is 0 Å². The molecule has 0 aliphatic rings. The van der Waals surface area contributed by atoms with Crippen molar-refractivity contribution in [2.24, 2.45) is 0 Å². The van der Waals surface area contributed by atoms with E-state index in [1.54, 1.807) is 0 Å². The van der Waals surface area contributed by atoms with Crippen LogP contribution < -0.4 is 11.1 Å². The summed E-state index contributed by atoms with van der Waals surface area (Å²) >= 11 is 0. The van der Waals surface area contributed by atoms with Crippen LogP contribution in [0.1, 0.15) is 0 Å². The zero-order valence-electron chi connectivity index (χ0n) is 8.18. The molecule has 0 radical (unpaired) electrons. The van der Waals surface area contributed by atoms with E-state index in [2.05, 4.69) is 5.32 Å². The molecule has 0 fully saturated rings. The van der Waals surface area contributed by atoms with Gasteiger partial charge in [0.25, 0.3) is 0 Å². The van der Waals surface area contributed by atoms with E-state index in [1.807, 2.05) is 54.6 Å². The Morgan fingerprint density at radius 1 is 0.800 bits per heavy atom. The van der Waals surface area contributed by atoms with Crippen LogP contribution in [-0.2, 0) is 0 Å². The Balaban J connectivity index is 0.00000112. The Hall–Kier alpha value is -1.67. The van der Waals surface area contributed by atoms with E-state index in [-0.39, 0.29) is 12.4 Å². The second kappa shape index (κ2) is 5.27. The van der Waals surface area contributed by atoms with Crippen LogP contribution in [0, 0.1) is 0 Å². The van der Waals surface area contributed by atoms with E-state index in [9.17, 15) is 0 Å². The summed E-state index contributed by atoms with van der Waals surface area (Å²) in [6.45, 7) is 0. The van der Waals surface area contributed by atoms with E-state index in [0.29, 0.717) is 0 Å². The molecular weight excluding hydrogens is 208 g/mol. The average Bonchev–Trinajstić information content (AvgIpc) is 2.23. The molecule has 2 nitrogen and oxygen atoms in total. The van der Waals surface area contributed by atoms with E-state index < -0.39 is 0 Å². The van der Waals surface area contributed by atoms with Crippen molar-refractivity contribution in [3.05, 3.63) is 54.6 Å². The second-order valence-corrected chi connectivity index (χ2v) is 3.08. The molecule has 0 aliphatic carbocycles. The van der Waals surface area contributed by atoms with Crippen molar-refractivity contribution in [2.75, 3.05) is 11.1 Å². The minimum absolute atomic E-state index is 0. The highest BCUT2D eigenvalue weighted by molar-refractivity contribution is 5.85. The molecule has 0 heterocycles. The number of nitrogens with two attached hydrogens (primary N) is 1. The molecule has 0 aliphatic heterocycles. The third kappa shape index (κ3) is 2.89. The minimum Gasteiger partial charge on any atom is -0.397 e. The molecule has 3 heteroatoms. The number of nitrogens with one attached hydrogen (secondary N) is 1. The molecule has 3 N–H and O–H groups in total. The van der Waals surface area contributed by atoms with Crippen molar-refractivity contribution in [1.82, 2.24) is 0 Å². The van der Waals surface area contributed by atoms with Crippen molar-refractivity contribution in [1.29, 1.82) is 0 Å². The molecule has 0 bridgehead atoms. The molecule has 2 aromatic rings. The summed E-state index contributed by atoms with van der Waals surface area (Å²) in [5.41, 5.74) is 8.56. The zero-order valence-corrected chi connectivity index (χ0v) is 9.00. The molecular formula is C12H13ClN2. The first-order valence-electron chi connectivity index (χ1n) is 4.53. The Morgan fingerprint density at radius 2 is 1.40 bits per heavy atom. The zero-order chi connectivity index (χ0) is 9.80. The van der Waals surface area contributed by atoms with Gasteiger partial charge >= 0.3 is 0 Å². The smallest absolute Gasteiger partial charge is 0.0617 e. The van der Waals surface area contributed by atoms with Gasteiger partial charge in [-0.25, -0.2) is 0 Å². The summed E-state index contributed by atoms with van der Waals surface area (Å²) in [6, 6.07) is 17.7. The maximum Gasteiger partial charge on any atom is 0.0617 e. The standard InChI is InChI=1S/C12H12N2.ClH/c13-11-8-4-5-9-12(11)14-10-6-2-1-3-7-10;/h1-9,14H,13H2;1H. The van der Waals surface area contributed by atoms with Gasteiger partial charge in [0.2, 0.25) is 0 Å². The Morgan fingerprint density at radius 3 is 2.07 bits per heavy atom. The Kier molecular flexibility index (Phi) is 4.01.